The minimum atomic E-state index is -0.255. The molecule has 1 aliphatic rings. The zero-order chi connectivity index (χ0) is 17.6. The molecule has 6 nitrogen and oxygen atoms in total. The Morgan fingerprint density at radius 1 is 1.32 bits per heavy atom. The molecule has 0 bridgehead atoms. The van der Waals surface area contributed by atoms with Gasteiger partial charge >= 0.3 is 0 Å². The highest BCUT2D eigenvalue weighted by atomic mass is 16.5. The molecule has 3 rings (SSSR count). The van der Waals surface area contributed by atoms with Gasteiger partial charge < -0.3 is 10.1 Å². The molecule has 1 atom stereocenters. The fourth-order valence-corrected chi connectivity index (χ4v) is 3.28. The van der Waals surface area contributed by atoms with Crippen molar-refractivity contribution in [2.45, 2.75) is 31.7 Å². The summed E-state index contributed by atoms with van der Waals surface area (Å²) in [5, 5.41) is 7.09. The fourth-order valence-electron chi connectivity index (χ4n) is 3.28. The van der Waals surface area contributed by atoms with E-state index in [9.17, 15) is 9.59 Å². The Morgan fingerprint density at radius 3 is 3.00 bits per heavy atom. The summed E-state index contributed by atoms with van der Waals surface area (Å²) in [4.78, 5) is 24.2. The third-order valence-corrected chi connectivity index (χ3v) is 4.61. The van der Waals surface area contributed by atoms with Gasteiger partial charge in [0.2, 0.25) is 0 Å². The van der Waals surface area contributed by atoms with E-state index in [1.165, 1.54) is 27.9 Å². The molecule has 1 N–H and O–H groups in total. The average molecular weight is 341 g/mol. The molecular formula is C19H23N3O3. The maximum atomic E-state index is 12.4. The normalized spacial score (nSPS) is 16.3. The molecule has 25 heavy (non-hydrogen) atoms. The van der Waals surface area contributed by atoms with Crippen LogP contribution >= 0.6 is 0 Å². The highest BCUT2D eigenvalue weighted by molar-refractivity contribution is 5.92. The Hall–Kier alpha value is -2.47. The second-order valence-electron chi connectivity index (χ2n) is 6.27. The van der Waals surface area contributed by atoms with Crippen LogP contribution in [-0.2, 0) is 17.7 Å². The lowest BCUT2D eigenvalue weighted by atomic mass is 9.83. The van der Waals surface area contributed by atoms with E-state index in [4.69, 9.17) is 4.74 Å². The first kappa shape index (κ1) is 17.4. The summed E-state index contributed by atoms with van der Waals surface area (Å²) >= 11 is 0. The smallest absolute Gasteiger partial charge is 0.271 e. The van der Waals surface area contributed by atoms with Crippen molar-refractivity contribution in [1.82, 2.24) is 15.1 Å². The van der Waals surface area contributed by atoms with Crippen LogP contribution in [-0.4, -0.2) is 35.9 Å². The molecule has 1 aromatic heterocycles. The standard InChI is InChI=1S/C19H23N3O3/c1-25-12-11-22-18(23)10-9-17(21-22)19(24)20-13-15-7-4-6-14-5-2-3-8-16(14)15/h2-3,5,8-10,15H,4,6-7,11-13H2,1H3,(H,20,24). The molecule has 2 aromatic rings. The second kappa shape index (κ2) is 8.07. The predicted octanol–water partition coefficient (Wildman–Crippen LogP) is 1.74. The van der Waals surface area contributed by atoms with Crippen molar-refractivity contribution in [3.8, 4) is 0 Å². The van der Waals surface area contributed by atoms with E-state index in [0.29, 0.717) is 25.6 Å². The van der Waals surface area contributed by atoms with Gasteiger partial charge in [0.05, 0.1) is 13.2 Å². The summed E-state index contributed by atoms with van der Waals surface area (Å²) < 4.78 is 6.22. The zero-order valence-corrected chi connectivity index (χ0v) is 14.4. The molecule has 1 aromatic carbocycles. The quantitative estimate of drug-likeness (QED) is 0.869. The number of hydrogen-bond donors (Lipinski definition) is 1. The first-order chi connectivity index (χ1) is 12.2. The van der Waals surface area contributed by atoms with Crippen molar-refractivity contribution in [2.24, 2.45) is 0 Å². The van der Waals surface area contributed by atoms with Crippen molar-refractivity contribution in [3.05, 3.63) is 63.6 Å². The topological polar surface area (TPSA) is 73.2 Å². The molecule has 0 spiro atoms. The van der Waals surface area contributed by atoms with Gasteiger partial charge in [0.15, 0.2) is 0 Å². The third-order valence-electron chi connectivity index (χ3n) is 4.61. The number of hydrogen-bond acceptors (Lipinski definition) is 4. The van der Waals surface area contributed by atoms with Gasteiger partial charge in [-0.3, -0.25) is 9.59 Å². The number of aromatic nitrogens is 2. The molecule has 0 aliphatic heterocycles. The Morgan fingerprint density at radius 2 is 2.16 bits per heavy atom. The van der Waals surface area contributed by atoms with Gasteiger partial charge in [-0.25, -0.2) is 4.68 Å². The molecule has 1 unspecified atom stereocenters. The number of benzene rings is 1. The highest BCUT2D eigenvalue weighted by Gasteiger charge is 2.20. The second-order valence-corrected chi connectivity index (χ2v) is 6.27. The molecule has 0 saturated carbocycles. The summed E-state index contributed by atoms with van der Waals surface area (Å²) in [5.41, 5.74) is 2.71. The van der Waals surface area contributed by atoms with E-state index in [1.54, 1.807) is 7.11 Å². The first-order valence-electron chi connectivity index (χ1n) is 8.62. The van der Waals surface area contributed by atoms with Crippen LogP contribution in [0.25, 0.3) is 0 Å². The van der Waals surface area contributed by atoms with E-state index in [1.807, 2.05) is 6.07 Å². The number of amides is 1. The van der Waals surface area contributed by atoms with Crippen LogP contribution < -0.4 is 10.9 Å². The lowest BCUT2D eigenvalue weighted by molar-refractivity contribution is 0.0941. The van der Waals surface area contributed by atoms with Gasteiger partial charge in [-0.05, 0) is 36.5 Å². The van der Waals surface area contributed by atoms with Crippen LogP contribution in [0, 0.1) is 0 Å². The molecule has 1 heterocycles. The lowest BCUT2D eigenvalue weighted by Crippen LogP contribution is -2.33. The third kappa shape index (κ3) is 4.14. The molecule has 0 radical (unpaired) electrons. The van der Waals surface area contributed by atoms with Crippen molar-refractivity contribution < 1.29 is 9.53 Å². The molecular weight excluding hydrogens is 318 g/mol. The summed E-state index contributed by atoms with van der Waals surface area (Å²) in [5.74, 6) is 0.0718. The van der Waals surface area contributed by atoms with Crippen molar-refractivity contribution in [1.29, 1.82) is 0 Å². The Labute approximate surface area is 146 Å². The van der Waals surface area contributed by atoms with Crippen LogP contribution in [0.4, 0.5) is 0 Å². The zero-order valence-electron chi connectivity index (χ0n) is 14.4. The van der Waals surface area contributed by atoms with Crippen LogP contribution in [0.5, 0.6) is 0 Å². The summed E-state index contributed by atoms with van der Waals surface area (Å²) in [7, 11) is 1.56. The lowest BCUT2D eigenvalue weighted by Gasteiger charge is -2.25. The number of nitrogens with one attached hydrogen (secondary N) is 1. The van der Waals surface area contributed by atoms with Gasteiger partial charge in [0, 0.05) is 25.6 Å². The number of nitrogens with zero attached hydrogens (tertiary/aromatic N) is 2. The molecule has 1 aliphatic carbocycles. The number of carbonyl (C=O) groups excluding carboxylic acids is 1. The maximum absolute atomic E-state index is 12.4. The number of aryl methyl sites for hydroxylation is 1. The number of rotatable bonds is 6. The summed E-state index contributed by atoms with van der Waals surface area (Å²) in [6, 6.07) is 11.3. The fraction of sp³-hybridized carbons (Fsp3) is 0.421. The highest BCUT2D eigenvalue weighted by Crippen LogP contribution is 2.30. The van der Waals surface area contributed by atoms with Gasteiger partial charge in [0.1, 0.15) is 5.69 Å². The number of ether oxygens (including phenoxy) is 1. The van der Waals surface area contributed by atoms with Crippen LogP contribution in [0.1, 0.15) is 40.4 Å². The minimum absolute atomic E-state index is 0.241. The summed E-state index contributed by atoms with van der Waals surface area (Å²) in [6.07, 6.45) is 3.31. The van der Waals surface area contributed by atoms with Crippen molar-refractivity contribution >= 4 is 5.91 Å². The first-order valence-corrected chi connectivity index (χ1v) is 8.62. The average Bonchev–Trinajstić information content (AvgIpc) is 2.65. The Balaban J connectivity index is 1.66. The van der Waals surface area contributed by atoms with Crippen molar-refractivity contribution in [2.75, 3.05) is 20.3 Å². The van der Waals surface area contributed by atoms with Crippen molar-refractivity contribution in [3.63, 3.8) is 0 Å². The van der Waals surface area contributed by atoms with Gasteiger partial charge in [-0.1, -0.05) is 24.3 Å². The number of methoxy groups -OCH3 is 1. The monoisotopic (exact) mass is 341 g/mol. The number of fused-ring (bicyclic) bond motifs is 1. The van der Waals surface area contributed by atoms with Crippen LogP contribution in [0.2, 0.25) is 0 Å². The van der Waals surface area contributed by atoms with E-state index in [-0.39, 0.29) is 17.2 Å². The molecule has 6 heteroatoms. The molecule has 0 saturated heterocycles. The van der Waals surface area contributed by atoms with Gasteiger partial charge in [0.25, 0.3) is 11.5 Å². The van der Waals surface area contributed by atoms with E-state index < -0.39 is 0 Å². The van der Waals surface area contributed by atoms with Crippen LogP contribution in [0.3, 0.4) is 0 Å². The molecule has 132 valence electrons. The largest absolute Gasteiger partial charge is 0.383 e. The Kier molecular flexibility index (Phi) is 5.60. The van der Waals surface area contributed by atoms with Gasteiger partial charge in [-0.15, -0.1) is 0 Å². The van der Waals surface area contributed by atoms with E-state index in [2.05, 4.69) is 28.6 Å². The molecule has 1 amide bonds. The van der Waals surface area contributed by atoms with E-state index >= 15 is 0 Å². The van der Waals surface area contributed by atoms with Gasteiger partial charge in [-0.2, -0.15) is 5.10 Å². The SMILES string of the molecule is COCCn1nc(C(=O)NCC2CCCc3ccccc32)ccc1=O. The maximum Gasteiger partial charge on any atom is 0.271 e. The minimum Gasteiger partial charge on any atom is -0.383 e. The Bertz CT molecular complexity index is 800. The van der Waals surface area contributed by atoms with E-state index in [0.717, 1.165) is 19.3 Å². The van der Waals surface area contributed by atoms with Crippen LogP contribution in [0.15, 0.2) is 41.2 Å². The summed E-state index contributed by atoms with van der Waals surface area (Å²) in [6.45, 7) is 1.28. The molecule has 0 fully saturated rings. The predicted molar refractivity (Wildman–Crippen MR) is 94.8 cm³/mol. The number of carbonyl (C=O) groups is 1.